The predicted molar refractivity (Wildman–Crippen MR) is 227 cm³/mol. The summed E-state index contributed by atoms with van der Waals surface area (Å²) < 4.78 is 6.75. The number of hydrogen-bond acceptors (Lipinski definition) is 3. The molecule has 9 aromatic rings. The topological polar surface area (TPSA) is 35.0 Å². The summed E-state index contributed by atoms with van der Waals surface area (Å²) in [5.41, 5.74) is 16.1. The van der Waals surface area contributed by atoms with Crippen molar-refractivity contribution in [3.8, 4) is 78.8 Å². The summed E-state index contributed by atoms with van der Waals surface area (Å²) in [5, 5.41) is 0. The number of nitrogens with zero attached hydrogens (tertiary/aromatic N) is 2. The molecule has 0 saturated carbocycles. The molecule has 2 aliphatic rings. The van der Waals surface area contributed by atoms with Crippen LogP contribution in [0.15, 0.2) is 206 Å². The minimum Gasteiger partial charge on any atom is -0.457 e. The molecule has 0 amide bonds. The molecule has 0 bridgehead atoms. The van der Waals surface area contributed by atoms with Crippen molar-refractivity contribution in [2.45, 2.75) is 5.41 Å². The van der Waals surface area contributed by atoms with Gasteiger partial charge in [-0.1, -0.05) is 182 Å². The van der Waals surface area contributed by atoms with Gasteiger partial charge in [0.25, 0.3) is 0 Å². The number of aromatic nitrogens is 2. The van der Waals surface area contributed by atoms with Gasteiger partial charge in [-0.05, 0) is 68.8 Å². The number of benzene rings is 8. The highest BCUT2D eigenvalue weighted by molar-refractivity contribution is 5.91. The molecule has 11 rings (SSSR count). The third-order valence-corrected chi connectivity index (χ3v) is 11.4. The first-order chi connectivity index (χ1) is 27.8. The Morgan fingerprint density at radius 3 is 1.48 bits per heavy atom. The number of ether oxygens (including phenoxy) is 1. The van der Waals surface area contributed by atoms with E-state index in [0.29, 0.717) is 5.82 Å². The van der Waals surface area contributed by atoms with Gasteiger partial charge in [-0.25, -0.2) is 9.97 Å². The molecule has 0 N–H and O–H groups in total. The van der Waals surface area contributed by atoms with Gasteiger partial charge in [0, 0.05) is 27.8 Å². The highest BCUT2D eigenvalue weighted by Crippen LogP contribution is 2.62. The van der Waals surface area contributed by atoms with E-state index in [-0.39, 0.29) is 0 Å². The van der Waals surface area contributed by atoms with E-state index in [9.17, 15) is 0 Å². The standard InChI is InChI=1S/C53H34N2O/c1-3-15-35(16-4-1)36-27-29-37(30-28-36)48-34-49(55-52(54-48)38-17-5-2-6-18-38)43-22-8-7-19-40(43)39-31-32-51-47(33-39)53(46-25-13-14-26-50(46)56-51)44-23-11-9-20-41(44)42-21-10-12-24-45(42)53/h1-34H. The van der Waals surface area contributed by atoms with E-state index in [0.717, 1.165) is 61.8 Å². The molecule has 1 aromatic heterocycles. The Morgan fingerprint density at radius 1 is 0.304 bits per heavy atom. The van der Waals surface area contributed by atoms with Crippen molar-refractivity contribution < 1.29 is 4.74 Å². The van der Waals surface area contributed by atoms with Crippen molar-refractivity contribution in [1.29, 1.82) is 0 Å². The van der Waals surface area contributed by atoms with E-state index >= 15 is 0 Å². The van der Waals surface area contributed by atoms with Crippen LogP contribution in [0.2, 0.25) is 0 Å². The minimum absolute atomic E-state index is 0.545. The van der Waals surface area contributed by atoms with Crippen LogP contribution in [0.4, 0.5) is 0 Å². The van der Waals surface area contributed by atoms with E-state index in [1.165, 1.54) is 33.4 Å². The second-order valence-corrected chi connectivity index (χ2v) is 14.5. The molecule has 3 heteroatoms. The predicted octanol–water partition coefficient (Wildman–Crippen LogP) is 13.3. The highest BCUT2D eigenvalue weighted by atomic mass is 16.5. The van der Waals surface area contributed by atoms with Gasteiger partial charge in [0.1, 0.15) is 11.5 Å². The molecule has 0 saturated heterocycles. The van der Waals surface area contributed by atoms with Gasteiger partial charge in [0.05, 0.1) is 16.8 Å². The molecular weight excluding hydrogens is 681 g/mol. The van der Waals surface area contributed by atoms with Crippen molar-refractivity contribution in [2.75, 3.05) is 0 Å². The fourth-order valence-corrected chi connectivity index (χ4v) is 8.90. The van der Waals surface area contributed by atoms with Crippen molar-refractivity contribution in [2.24, 2.45) is 0 Å². The molecule has 1 aliphatic heterocycles. The Hall–Kier alpha value is -7.36. The van der Waals surface area contributed by atoms with E-state index in [4.69, 9.17) is 14.7 Å². The number of fused-ring (bicyclic) bond motifs is 9. The lowest BCUT2D eigenvalue weighted by atomic mass is 9.65. The van der Waals surface area contributed by atoms with Crippen LogP contribution in [0.3, 0.4) is 0 Å². The Morgan fingerprint density at radius 2 is 0.786 bits per heavy atom. The Balaban J connectivity index is 1.10. The van der Waals surface area contributed by atoms with Crippen molar-refractivity contribution >= 4 is 0 Å². The second kappa shape index (κ2) is 12.9. The summed E-state index contributed by atoms with van der Waals surface area (Å²) in [5.74, 6) is 2.44. The summed E-state index contributed by atoms with van der Waals surface area (Å²) in [4.78, 5) is 10.4. The molecule has 262 valence electrons. The number of para-hydroxylation sites is 1. The lowest BCUT2D eigenvalue weighted by Gasteiger charge is -2.39. The third-order valence-electron chi connectivity index (χ3n) is 11.4. The fourth-order valence-electron chi connectivity index (χ4n) is 8.90. The lowest BCUT2D eigenvalue weighted by Crippen LogP contribution is -2.32. The maximum Gasteiger partial charge on any atom is 0.160 e. The van der Waals surface area contributed by atoms with Gasteiger partial charge in [-0.15, -0.1) is 0 Å². The maximum absolute atomic E-state index is 6.75. The summed E-state index contributed by atoms with van der Waals surface area (Å²) >= 11 is 0. The first kappa shape index (κ1) is 32.1. The van der Waals surface area contributed by atoms with Crippen LogP contribution in [-0.2, 0) is 5.41 Å². The molecule has 1 aliphatic carbocycles. The van der Waals surface area contributed by atoms with Crippen molar-refractivity contribution in [3.05, 3.63) is 229 Å². The van der Waals surface area contributed by atoms with Crippen LogP contribution in [0.1, 0.15) is 22.3 Å². The molecule has 0 unspecified atom stereocenters. The Kier molecular flexibility index (Phi) is 7.39. The zero-order valence-electron chi connectivity index (χ0n) is 30.4. The largest absolute Gasteiger partial charge is 0.457 e. The average molecular weight is 715 g/mol. The highest BCUT2D eigenvalue weighted by Gasteiger charge is 2.51. The van der Waals surface area contributed by atoms with Gasteiger partial charge in [0.15, 0.2) is 5.82 Å². The van der Waals surface area contributed by atoms with Gasteiger partial charge >= 0.3 is 0 Å². The smallest absolute Gasteiger partial charge is 0.160 e. The average Bonchev–Trinajstić information content (AvgIpc) is 3.57. The van der Waals surface area contributed by atoms with Crippen LogP contribution in [0.5, 0.6) is 11.5 Å². The molecule has 3 nitrogen and oxygen atoms in total. The summed E-state index contributed by atoms with van der Waals surface area (Å²) in [6.07, 6.45) is 0. The number of rotatable bonds is 5. The molecule has 8 aromatic carbocycles. The van der Waals surface area contributed by atoms with Crippen LogP contribution < -0.4 is 4.74 Å². The monoisotopic (exact) mass is 714 g/mol. The Bertz CT molecular complexity index is 2890. The zero-order valence-corrected chi connectivity index (χ0v) is 30.4. The maximum atomic E-state index is 6.75. The molecule has 1 spiro atoms. The third kappa shape index (κ3) is 4.98. The SMILES string of the molecule is c1ccc(-c2ccc(-c3cc(-c4ccccc4-c4ccc5c(c4)C4(c6ccccc6O5)c5ccccc5-c5ccccc54)nc(-c4ccccc4)n3)cc2)cc1. The Labute approximate surface area is 326 Å². The second-order valence-electron chi connectivity index (χ2n) is 14.5. The van der Waals surface area contributed by atoms with Gasteiger partial charge in [-0.2, -0.15) is 0 Å². The van der Waals surface area contributed by atoms with Crippen molar-refractivity contribution in [3.63, 3.8) is 0 Å². The molecule has 2 heterocycles. The van der Waals surface area contributed by atoms with Crippen molar-refractivity contribution in [1.82, 2.24) is 9.97 Å². The molecular formula is C53H34N2O. The van der Waals surface area contributed by atoms with Crippen LogP contribution in [0.25, 0.3) is 67.3 Å². The first-order valence-electron chi connectivity index (χ1n) is 19.1. The van der Waals surface area contributed by atoms with Gasteiger partial charge < -0.3 is 4.74 Å². The quantitative estimate of drug-likeness (QED) is 0.178. The van der Waals surface area contributed by atoms with E-state index in [1.807, 2.05) is 24.3 Å². The van der Waals surface area contributed by atoms with Crippen LogP contribution in [0, 0.1) is 0 Å². The van der Waals surface area contributed by atoms with Gasteiger partial charge in [0.2, 0.25) is 0 Å². The molecule has 0 atom stereocenters. The van der Waals surface area contributed by atoms with E-state index in [1.54, 1.807) is 0 Å². The normalized spacial score (nSPS) is 12.9. The fraction of sp³-hybridized carbons (Fsp3) is 0.0189. The van der Waals surface area contributed by atoms with E-state index < -0.39 is 5.41 Å². The summed E-state index contributed by atoms with van der Waals surface area (Å²) in [6, 6.07) is 73.0. The van der Waals surface area contributed by atoms with Gasteiger partial charge in [-0.3, -0.25) is 0 Å². The lowest BCUT2D eigenvalue weighted by molar-refractivity contribution is 0.436. The number of hydrogen-bond donors (Lipinski definition) is 0. The summed E-state index contributed by atoms with van der Waals surface area (Å²) in [6.45, 7) is 0. The van der Waals surface area contributed by atoms with Crippen LogP contribution >= 0.6 is 0 Å². The van der Waals surface area contributed by atoms with E-state index in [2.05, 4.69) is 182 Å². The molecule has 0 radical (unpaired) electrons. The minimum atomic E-state index is -0.545. The summed E-state index contributed by atoms with van der Waals surface area (Å²) in [7, 11) is 0. The zero-order chi connectivity index (χ0) is 37.1. The first-order valence-corrected chi connectivity index (χ1v) is 19.1. The molecule has 0 fully saturated rings. The van der Waals surface area contributed by atoms with Crippen LogP contribution in [-0.4, -0.2) is 9.97 Å². The molecule has 56 heavy (non-hydrogen) atoms.